The maximum Gasteiger partial charge on any atom is 0.163 e. The molecule has 0 unspecified atom stereocenters. The van der Waals surface area contributed by atoms with Gasteiger partial charge in [-0.3, -0.25) is 9.59 Å². The summed E-state index contributed by atoms with van der Waals surface area (Å²) in [5.41, 5.74) is 1.99. The predicted octanol–water partition coefficient (Wildman–Crippen LogP) is 2.73. The van der Waals surface area contributed by atoms with Gasteiger partial charge in [0.2, 0.25) is 0 Å². The number of allylic oxidation sites excluding steroid dienone is 1. The fourth-order valence-electron chi connectivity index (χ4n) is 1.72. The predicted molar refractivity (Wildman–Crippen MR) is 67.6 cm³/mol. The van der Waals surface area contributed by atoms with E-state index in [1.54, 1.807) is 6.08 Å². The number of nitrogens with one attached hydrogen (secondary N) is 1. The first kappa shape index (κ1) is 11.3. The van der Waals surface area contributed by atoms with E-state index in [4.69, 9.17) is 0 Å². The highest BCUT2D eigenvalue weighted by molar-refractivity contribution is 6.06. The minimum Gasteiger partial charge on any atom is -0.361 e. The molecule has 0 saturated heterocycles. The van der Waals surface area contributed by atoms with Crippen molar-refractivity contribution in [3.63, 3.8) is 0 Å². The first-order valence-corrected chi connectivity index (χ1v) is 5.43. The molecular weight excluding hydrogens is 214 g/mol. The van der Waals surface area contributed by atoms with Gasteiger partial charge >= 0.3 is 0 Å². The van der Waals surface area contributed by atoms with Gasteiger partial charge in [-0.25, -0.2) is 0 Å². The Kier molecular flexibility index (Phi) is 3.19. The van der Waals surface area contributed by atoms with Gasteiger partial charge in [0.1, 0.15) is 5.78 Å². The summed E-state index contributed by atoms with van der Waals surface area (Å²) in [6.07, 6.45) is 5.02. The molecule has 0 aliphatic carbocycles. The van der Waals surface area contributed by atoms with Crippen molar-refractivity contribution in [3.8, 4) is 0 Å². The third kappa shape index (κ3) is 2.69. The molecule has 1 heterocycles. The molecule has 0 spiro atoms. The van der Waals surface area contributed by atoms with Crippen LogP contribution in [0, 0.1) is 0 Å². The largest absolute Gasteiger partial charge is 0.361 e. The second kappa shape index (κ2) is 4.78. The number of aromatic nitrogens is 1. The molecule has 2 aromatic rings. The Morgan fingerprint density at radius 2 is 2.06 bits per heavy atom. The van der Waals surface area contributed by atoms with Crippen LogP contribution < -0.4 is 0 Å². The van der Waals surface area contributed by atoms with Crippen molar-refractivity contribution in [3.05, 3.63) is 42.1 Å². The van der Waals surface area contributed by atoms with Crippen molar-refractivity contribution in [1.82, 2.24) is 4.98 Å². The Bertz CT molecular complexity index is 593. The minimum atomic E-state index is -0.164. The molecule has 17 heavy (non-hydrogen) atoms. The normalized spacial score (nSPS) is 11.1. The second-order valence-electron chi connectivity index (χ2n) is 3.97. The van der Waals surface area contributed by atoms with Crippen LogP contribution >= 0.6 is 0 Å². The van der Waals surface area contributed by atoms with E-state index in [1.807, 2.05) is 30.5 Å². The Balaban J connectivity index is 2.21. The molecule has 1 N–H and O–H groups in total. The molecule has 0 fully saturated rings. The summed E-state index contributed by atoms with van der Waals surface area (Å²) in [6.45, 7) is 1.41. The second-order valence-corrected chi connectivity index (χ2v) is 3.97. The van der Waals surface area contributed by atoms with Gasteiger partial charge < -0.3 is 4.98 Å². The quantitative estimate of drug-likeness (QED) is 0.645. The summed E-state index contributed by atoms with van der Waals surface area (Å²) in [5.74, 6) is -0.277. The fourth-order valence-corrected chi connectivity index (χ4v) is 1.72. The van der Waals surface area contributed by atoms with E-state index in [0.717, 1.165) is 16.5 Å². The van der Waals surface area contributed by atoms with Crippen molar-refractivity contribution in [2.75, 3.05) is 0 Å². The van der Waals surface area contributed by atoms with Crippen molar-refractivity contribution in [2.45, 2.75) is 13.3 Å². The van der Waals surface area contributed by atoms with Gasteiger partial charge in [-0.15, -0.1) is 0 Å². The molecule has 3 nitrogen and oxygen atoms in total. The molecular formula is C14H13NO2. The molecule has 3 heteroatoms. The zero-order valence-corrected chi connectivity index (χ0v) is 9.57. The van der Waals surface area contributed by atoms with Crippen molar-refractivity contribution < 1.29 is 9.59 Å². The van der Waals surface area contributed by atoms with Crippen LogP contribution in [0.5, 0.6) is 0 Å². The average molecular weight is 227 g/mol. The van der Waals surface area contributed by atoms with E-state index < -0.39 is 0 Å². The van der Waals surface area contributed by atoms with E-state index in [0.29, 0.717) is 0 Å². The topological polar surface area (TPSA) is 49.9 Å². The molecule has 0 bridgehead atoms. The number of para-hydroxylation sites is 1. The van der Waals surface area contributed by atoms with E-state index in [2.05, 4.69) is 4.98 Å². The van der Waals surface area contributed by atoms with Crippen LogP contribution in [0.2, 0.25) is 0 Å². The number of benzene rings is 1. The minimum absolute atomic E-state index is 0.0289. The molecule has 2 rings (SSSR count). The lowest BCUT2D eigenvalue weighted by Gasteiger charge is -1.91. The van der Waals surface area contributed by atoms with Gasteiger partial charge in [-0.05, 0) is 30.7 Å². The Morgan fingerprint density at radius 1 is 1.29 bits per heavy atom. The zero-order valence-electron chi connectivity index (χ0n) is 9.57. The summed E-state index contributed by atoms with van der Waals surface area (Å²) in [6, 6.07) is 7.86. The summed E-state index contributed by atoms with van der Waals surface area (Å²) in [5, 5.41) is 1.07. The first-order valence-electron chi connectivity index (χ1n) is 5.43. The maximum atomic E-state index is 11.4. The number of rotatable bonds is 4. The highest BCUT2D eigenvalue weighted by Crippen LogP contribution is 2.18. The number of Topliss-reactive ketones (excluding diaryl/α,β-unsaturated/α-hetero) is 1. The number of carbonyl (C=O) groups is 2. The first-order chi connectivity index (χ1) is 8.16. The molecule has 0 aliphatic rings. The lowest BCUT2D eigenvalue weighted by atomic mass is 10.1. The number of fused-ring (bicyclic) bond motifs is 1. The number of aromatic amines is 1. The molecule has 0 saturated carbocycles. The number of hydrogen-bond acceptors (Lipinski definition) is 2. The summed E-state index contributed by atoms with van der Waals surface area (Å²) < 4.78 is 0. The molecule has 0 aliphatic heterocycles. The third-order valence-corrected chi connectivity index (χ3v) is 2.49. The van der Waals surface area contributed by atoms with Gasteiger partial charge in [-0.2, -0.15) is 0 Å². The SMILES string of the molecule is CC(=O)CC(=O)/C=C/c1c[nH]c2ccccc12. The van der Waals surface area contributed by atoms with Gasteiger partial charge in [-0.1, -0.05) is 18.2 Å². The van der Waals surface area contributed by atoms with Crippen LogP contribution in [0.15, 0.2) is 36.5 Å². The molecule has 0 radical (unpaired) electrons. The highest BCUT2D eigenvalue weighted by atomic mass is 16.1. The van der Waals surface area contributed by atoms with Crippen molar-refractivity contribution >= 4 is 28.5 Å². The standard InChI is InChI=1S/C14H13NO2/c1-10(16)8-12(17)7-6-11-9-15-14-5-3-2-4-13(11)14/h2-7,9,15H,8H2,1H3/b7-6+. The van der Waals surface area contributed by atoms with E-state index in [-0.39, 0.29) is 18.0 Å². The molecule has 86 valence electrons. The number of carbonyl (C=O) groups excluding carboxylic acids is 2. The van der Waals surface area contributed by atoms with Crippen LogP contribution in [0.25, 0.3) is 17.0 Å². The summed E-state index contributed by atoms with van der Waals surface area (Å²) >= 11 is 0. The Morgan fingerprint density at radius 3 is 2.82 bits per heavy atom. The van der Waals surface area contributed by atoms with E-state index in [1.165, 1.54) is 13.0 Å². The van der Waals surface area contributed by atoms with E-state index >= 15 is 0 Å². The fraction of sp³-hybridized carbons (Fsp3) is 0.143. The van der Waals surface area contributed by atoms with Crippen molar-refractivity contribution in [1.29, 1.82) is 0 Å². The van der Waals surface area contributed by atoms with Crippen LogP contribution in [0.3, 0.4) is 0 Å². The maximum absolute atomic E-state index is 11.4. The van der Waals surface area contributed by atoms with Crippen molar-refractivity contribution in [2.24, 2.45) is 0 Å². The summed E-state index contributed by atoms with van der Waals surface area (Å²) in [7, 11) is 0. The molecule has 1 aromatic heterocycles. The number of hydrogen-bond donors (Lipinski definition) is 1. The Labute approximate surface area is 99.1 Å². The number of ketones is 2. The third-order valence-electron chi connectivity index (χ3n) is 2.49. The highest BCUT2D eigenvalue weighted by Gasteiger charge is 2.02. The van der Waals surface area contributed by atoms with Crippen LogP contribution in [0.4, 0.5) is 0 Å². The Hall–Kier alpha value is -2.16. The lowest BCUT2D eigenvalue weighted by Crippen LogP contribution is -1.99. The molecule has 0 amide bonds. The van der Waals surface area contributed by atoms with E-state index in [9.17, 15) is 9.59 Å². The van der Waals surface area contributed by atoms with Crippen LogP contribution in [-0.4, -0.2) is 16.6 Å². The zero-order chi connectivity index (χ0) is 12.3. The molecule has 1 aromatic carbocycles. The van der Waals surface area contributed by atoms with Crippen LogP contribution in [0.1, 0.15) is 18.9 Å². The van der Waals surface area contributed by atoms with Gasteiger partial charge in [0.05, 0.1) is 6.42 Å². The van der Waals surface area contributed by atoms with Gasteiger partial charge in [0, 0.05) is 17.1 Å². The number of H-pyrrole nitrogens is 1. The van der Waals surface area contributed by atoms with Gasteiger partial charge in [0.15, 0.2) is 5.78 Å². The summed E-state index contributed by atoms with van der Waals surface area (Å²) in [4.78, 5) is 25.3. The molecule has 0 atom stereocenters. The smallest absolute Gasteiger partial charge is 0.163 e. The lowest BCUT2D eigenvalue weighted by molar-refractivity contribution is -0.123. The van der Waals surface area contributed by atoms with Crippen LogP contribution in [-0.2, 0) is 9.59 Å². The monoisotopic (exact) mass is 227 g/mol. The average Bonchev–Trinajstić information content (AvgIpc) is 2.69. The van der Waals surface area contributed by atoms with Gasteiger partial charge in [0.25, 0.3) is 0 Å².